The van der Waals surface area contributed by atoms with Gasteiger partial charge in [0.1, 0.15) is 0 Å². The Balaban J connectivity index is 2.23. The fourth-order valence-corrected chi connectivity index (χ4v) is 2.14. The van der Waals surface area contributed by atoms with Gasteiger partial charge in [0.15, 0.2) is 0 Å². The molecule has 1 heterocycles. The van der Waals surface area contributed by atoms with E-state index < -0.39 is 0 Å². The van der Waals surface area contributed by atoms with Crippen molar-refractivity contribution in [3.63, 3.8) is 0 Å². The number of hydrogen-bond donors (Lipinski definition) is 1. The summed E-state index contributed by atoms with van der Waals surface area (Å²) >= 11 is 3.41. The van der Waals surface area contributed by atoms with E-state index >= 15 is 0 Å². The normalized spacial score (nSPS) is 26.0. The lowest BCUT2D eigenvalue weighted by molar-refractivity contribution is 0.646. The van der Waals surface area contributed by atoms with Crippen LogP contribution in [0.3, 0.4) is 0 Å². The molecule has 1 fully saturated rings. The Morgan fingerprint density at radius 3 is 2.64 bits per heavy atom. The van der Waals surface area contributed by atoms with Crippen LogP contribution in [0.15, 0.2) is 28.7 Å². The van der Waals surface area contributed by atoms with Gasteiger partial charge in [0.25, 0.3) is 0 Å². The van der Waals surface area contributed by atoms with Crippen molar-refractivity contribution < 1.29 is 0 Å². The Labute approximate surface area is 92.1 Å². The summed E-state index contributed by atoms with van der Waals surface area (Å²) in [5.41, 5.74) is 1.25. The smallest absolute Gasteiger partial charge is 0.0676 e. The van der Waals surface area contributed by atoms with Crippen molar-refractivity contribution >= 4 is 15.9 Å². The highest BCUT2D eigenvalue weighted by Gasteiger charge is 2.27. The molecule has 1 aliphatic rings. The molecule has 2 rings (SSSR count). The highest BCUT2D eigenvalue weighted by atomic mass is 79.9. The van der Waals surface area contributed by atoms with Gasteiger partial charge in [-0.05, 0) is 17.7 Å². The summed E-state index contributed by atoms with van der Waals surface area (Å²) in [6, 6.07) is 10.6. The molecular weight excluding hydrogens is 240 g/mol. The maximum absolute atomic E-state index is 8.95. The SMILES string of the molecule is N#CC1CNCC1c1ccc(Br)cc1. The van der Waals surface area contributed by atoms with Crippen LogP contribution in [0.1, 0.15) is 11.5 Å². The second-order valence-corrected chi connectivity index (χ2v) is 4.47. The maximum Gasteiger partial charge on any atom is 0.0676 e. The van der Waals surface area contributed by atoms with E-state index in [1.165, 1.54) is 5.56 Å². The quantitative estimate of drug-likeness (QED) is 0.831. The van der Waals surface area contributed by atoms with Crippen LogP contribution in [0.2, 0.25) is 0 Å². The number of rotatable bonds is 1. The molecule has 0 aliphatic carbocycles. The Hall–Kier alpha value is -0.850. The summed E-state index contributed by atoms with van der Waals surface area (Å²) in [5, 5.41) is 12.2. The van der Waals surface area contributed by atoms with Crippen LogP contribution in [0.25, 0.3) is 0 Å². The molecule has 0 amide bonds. The van der Waals surface area contributed by atoms with Gasteiger partial charge in [-0.25, -0.2) is 0 Å². The van der Waals surface area contributed by atoms with Crippen molar-refractivity contribution in [3.05, 3.63) is 34.3 Å². The third kappa shape index (κ3) is 1.82. The molecule has 14 heavy (non-hydrogen) atoms. The predicted octanol–water partition coefficient (Wildman–Crippen LogP) is 2.28. The van der Waals surface area contributed by atoms with Crippen LogP contribution in [0.5, 0.6) is 0 Å². The van der Waals surface area contributed by atoms with Crippen LogP contribution in [-0.4, -0.2) is 13.1 Å². The molecule has 1 N–H and O–H groups in total. The van der Waals surface area contributed by atoms with Gasteiger partial charge >= 0.3 is 0 Å². The topological polar surface area (TPSA) is 35.8 Å². The number of nitrogens with zero attached hydrogens (tertiary/aromatic N) is 1. The average molecular weight is 251 g/mol. The first-order chi connectivity index (χ1) is 6.81. The van der Waals surface area contributed by atoms with E-state index in [0.717, 1.165) is 17.6 Å². The molecule has 3 heteroatoms. The summed E-state index contributed by atoms with van der Waals surface area (Å²) in [4.78, 5) is 0. The lowest BCUT2D eigenvalue weighted by Gasteiger charge is -2.12. The second-order valence-electron chi connectivity index (χ2n) is 3.55. The van der Waals surface area contributed by atoms with Crippen molar-refractivity contribution in [2.45, 2.75) is 5.92 Å². The first kappa shape index (κ1) is 9.70. The van der Waals surface area contributed by atoms with E-state index in [-0.39, 0.29) is 5.92 Å². The van der Waals surface area contributed by atoms with E-state index in [4.69, 9.17) is 5.26 Å². The van der Waals surface area contributed by atoms with Gasteiger partial charge in [0.05, 0.1) is 12.0 Å². The molecule has 2 nitrogen and oxygen atoms in total. The molecule has 0 aromatic heterocycles. The summed E-state index contributed by atoms with van der Waals surface area (Å²) in [5.74, 6) is 0.476. The second kappa shape index (κ2) is 4.12. The van der Waals surface area contributed by atoms with Crippen molar-refractivity contribution in [2.75, 3.05) is 13.1 Å². The zero-order chi connectivity index (χ0) is 9.97. The number of halogens is 1. The number of hydrogen-bond acceptors (Lipinski definition) is 2. The Morgan fingerprint density at radius 1 is 1.29 bits per heavy atom. The molecule has 0 spiro atoms. The standard InChI is InChI=1S/C11H11BrN2/c12-10-3-1-8(2-4-10)11-7-14-6-9(11)5-13/h1-4,9,11,14H,6-7H2. The highest BCUT2D eigenvalue weighted by Crippen LogP contribution is 2.28. The highest BCUT2D eigenvalue weighted by molar-refractivity contribution is 9.10. The molecule has 0 radical (unpaired) electrons. The van der Waals surface area contributed by atoms with E-state index in [9.17, 15) is 0 Å². The van der Waals surface area contributed by atoms with Gasteiger partial charge in [0.2, 0.25) is 0 Å². The minimum Gasteiger partial charge on any atom is -0.315 e. The van der Waals surface area contributed by atoms with E-state index in [1.807, 2.05) is 12.1 Å². The zero-order valence-electron chi connectivity index (χ0n) is 7.70. The zero-order valence-corrected chi connectivity index (χ0v) is 9.29. The number of benzene rings is 1. The summed E-state index contributed by atoms with van der Waals surface area (Å²) < 4.78 is 1.08. The first-order valence-electron chi connectivity index (χ1n) is 4.67. The maximum atomic E-state index is 8.95. The van der Waals surface area contributed by atoms with Crippen molar-refractivity contribution in [2.24, 2.45) is 5.92 Å². The molecular formula is C11H11BrN2. The molecule has 2 atom stereocenters. The van der Waals surface area contributed by atoms with Crippen LogP contribution in [-0.2, 0) is 0 Å². The minimum atomic E-state index is 0.121. The molecule has 1 aromatic carbocycles. The van der Waals surface area contributed by atoms with Gasteiger partial charge in [-0.15, -0.1) is 0 Å². The molecule has 1 aliphatic heterocycles. The van der Waals surface area contributed by atoms with E-state index in [2.05, 4.69) is 39.4 Å². The van der Waals surface area contributed by atoms with Crippen molar-refractivity contribution in [1.29, 1.82) is 5.26 Å². The first-order valence-corrected chi connectivity index (χ1v) is 5.46. The van der Waals surface area contributed by atoms with Crippen LogP contribution >= 0.6 is 15.9 Å². The van der Waals surface area contributed by atoms with Gasteiger partial charge in [-0.1, -0.05) is 28.1 Å². The van der Waals surface area contributed by atoms with Gasteiger partial charge in [-0.2, -0.15) is 5.26 Å². The monoisotopic (exact) mass is 250 g/mol. The molecule has 0 bridgehead atoms. The number of nitriles is 1. The molecule has 1 saturated heterocycles. The van der Waals surface area contributed by atoms with Crippen molar-refractivity contribution in [1.82, 2.24) is 5.32 Å². The fraction of sp³-hybridized carbons (Fsp3) is 0.364. The largest absolute Gasteiger partial charge is 0.315 e. The van der Waals surface area contributed by atoms with Gasteiger partial charge in [0, 0.05) is 23.5 Å². The Bertz CT molecular complexity index is 353. The number of nitrogens with one attached hydrogen (secondary N) is 1. The molecule has 2 unspecified atom stereocenters. The van der Waals surface area contributed by atoms with Crippen LogP contribution in [0, 0.1) is 17.2 Å². The van der Waals surface area contributed by atoms with Gasteiger partial charge in [-0.3, -0.25) is 0 Å². The molecule has 0 saturated carbocycles. The average Bonchev–Trinajstić information content (AvgIpc) is 2.67. The summed E-state index contributed by atoms with van der Waals surface area (Å²) in [6.07, 6.45) is 0. The lowest BCUT2D eigenvalue weighted by atomic mass is 9.90. The van der Waals surface area contributed by atoms with Crippen LogP contribution < -0.4 is 5.32 Å². The van der Waals surface area contributed by atoms with E-state index in [0.29, 0.717) is 5.92 Å². The Kier molecular flexibility index (Phi) is 2.85. The lowest BCUT2D eigenvalue weighted by Crippen LogP contribution is -2.08. The third-order valence-corrected chi connectivity index (χ3v) is 3.21. The van der Waals surface area contributed by atoms with Crippen molar-refractivity contribution in [3.8, 4) is 6.07 Å². The predicted molar refractivity (Wildman–Crippen MR) is 58.9 cm³/mol. The van der Waals surface area contributed by atoms with Gasteiger partial charge < -0.3 is 5.32 Å². The summed E-state index contributed by atoms with van der Waals surface area (Å²) in [7, 11) is 0. The van der Waals surface area contributed by atoms with Crippen LogP contribution in [0.4, 0.5) is 0 Å². The third-order valence-electron chi connectivity index (χ3n) is 2.68. The summed E-state index contributed by atoms with van der Waals surface area (Å²) in [6.45, 7) is 1.73. The van der Waals surface area contributed by atoms with E-state index in [1.54, 1.807) is 0 Å². The molecule has 72 valence electrons. The Morgan fingerprint density at radius 2 is 2.00 bits per heavy atom. The molecule has 1 aromatic rings. The fourth-order valence-electron chi connectivity index (χ4n) is 1.87. The minimum absolute atomic E-state index is 0.121.